The maximum atomic E-state index is 11.9. The van der Waals surface area contributed by atoms with Crippen LogP contribution < -0.4 is 5.32 Å². The van der Waals surface area contributed by atoms with E-state index in [9.17, 15) is 5.11 Å². The van der Waals surface area contributed by atoms with Crippen molar-refractivity contribution in [3.05, 3.63) is 138 Å². The Labute approximate surface area is 208 Å². The van der Waals surface area contributed by atoms with Crippen LogP contribution in [-0.2, 0) is 10.8 Å². The molecule has 3 nitrogen and oxygen atoms in total. The molecule has 0 saturated carbocycles. The average molecular weight is 463 g/mol. The number of pyridine rings is 1. The standard InChI is InChI=1S/C32H34N2O/c35-30(31(20-23-33-24-21-31)26-11-4-1-5-12-26)18-19-32(27-13-6-2-7-14-27,28-15-8-3-9-16-28)29-17-10-22-34-25-29/h1-17,22,25,30,33,35H,18-21,23-24H2. The molecule has 1 aromatic heterocycles. The molecule has 3 heteroatoms. The van der Waals surface area contributed by atoms with Crippen molar-refractivity contribution in [2.45, 2.75) is 42.6 Å². The minimum Gasteiger partial charge on any atom is -0.392 e. The molecular formula is C32H34N2O. The lowest BCUT2D eigenvalue weighted by Gasteiger charge is -2.44. The largest absolute Gasteiger partial charge is 0.392 e. The second-order valence-electron chi connectivity index (χ2n) is 9.71. The molecule has 0 radical (unpaired) electrons. The first-order valence-electron chi connectivity index (χ1n) is 12.7. The number of hydrogen-bond acceptors (Lipinski definition) is 3. The molecule has 178 valence electrons. The van der Waals surface area contributed by atoms with Gasteiger partial charge in [0.15, 0.2) is 0 Å². The van der Waals surface area contributed by atoms with Gasteiger partial charge in [-0.15, -0.1) is 0 Å². The van der Waals surface area contributed by atoms with Crippen molar-refractivity contribution >= 4 is 0 Å². The van der Waals surface area contributed by atoms with Crippen LogP contribution in [0.15, 0.2) is 116 Å². The van der Waals surface area contributed by atoms with Gasteiger partial charge in [0, 0.05) is 23.2 Å². The van der Waals surface area contributed by atoms with Gasteiger partial charge in [-0.2, -0.15) is 0 Å². The number of hydrogen-bond donors (Lipinski definition) is 2. The summed E-state index contributed by atoms with van der Waals surface area (Å²) < 4.78 is 0. The van der Waals surface area contributed by atoms with Gasteiger partial charge in [0.2, 0.25) is 0 Å². The van der Waals surface area contributed by atoms with Crippen LogP contribution in [0.25, 0.3) is 0 Å². The highest BCUT2D eigenvalue weighted by Crippen LogP contribution is 2.46. The maximum Gasteiger partial charge on any atom is 0.0638 e. The van der Waals surface area contributed by atoms with E-state index >= 15 is 0 Å². The second kappa shape index (κ2) is 10.6. The van der Waals surface area contributed by atoms with Crippen LogP contribution in [0, 0.1) is 0 Å². The molecule has 2 N–H and O–H groups in total. The average Bonchev–Trinajstić information content (AvgIpc) is 2.96. The highest BCUT2D eigenvalue weighted by Gasteiger charge is 2.43. The Bertz CT molecular complexity index is 1080. The van der Waals surface area contributed by atoms with Gasteiger partial charge in [0.1, 0.15) is 0 Å². The Morgan fingerprint density at radius 2 is 1.29 bits per heavy atom. The maximum absolute atomic E-state index is 11.9. The SMILES string of the molecule is OC(CCC(c1ccccc1)(c1ccccc1)c1cccnc1)C1(c2ccccc2)CCNCC1. The zero-order valence-electron chi connectivity index (χ0n) is 20.2. The quantitative estimate of drug-likeness (QED) is 0.344. The summed E-state index contributed by atoms with van der Waals surface area (Å²) in [7, 11) is 0. The highest BCUT2D eigenvalue weighted by atomic mass is 16.3. The van der Waals surface area contributed by atoms with Gasteiger partial charge < -0.3 is 10.4 Å². The summed E-state index contributed by atoms with van der Waals surface area (Å²) in [6.07, 6.45) is 6.73. The normalized spacial score (nSPS) is 16.5. The molecule has 1 fully saturated rings. The van der Waals surface area contributed by atoms with Crippen molar-refractivity contribution in [2.75, 3.05) is 13.1 Å². The summed E-state index contributed by atoms with van der Waals surface area (Å²) in [5.74, 6) is 0. The van der Waals surface area contributed by atoms with E-state index in [4.69, 9.17) is 0 Å². The first-order valence-corrected chi connectivity index (χ1v) is 12.7. The summed E-state index contributed by atoms with van der Waals surface area (Å²) in [5.41, 5.74) is 4.23. The summed E-state index contributed by atoms with van der Waals surface area (Å²) in [6.45, 7) is 1.86. The number of benzene rings is 3. The minimum absolute atomic E-state index is 0.236. The Morgan fingerprint density at radius 1 is 0.743 bits per heavy atom. The summed E-state index contributed by atoms with van der Waals surface area (Å²) in [6, 6.07) is 36.2. The molecule has 4 aromatic rings. The third-order valence-electron chi connectivity index (χ3n) is 7.96. The zero-order chi connectivity index (χ0) is 24.0. The molecule has 0 bridgehead atoms. The van der Waals surface area contributed by atoms with Crippen molar-refractivity contribution in [3.63, 3.8) is 0 Å². The summed E-state index contributed by atoms with van der Waals surface area (Å²) >= 11 is 0. The van der Waals surface area contributed by atoms with Gasteiger partial charge in [-0.05, 0) is 67.1 Å². The Morgan fingerprint density at radius 3 is 1.83 bits per heavy atom. The minimum atomic E-state index is -0.449. The predicted molar refractivity (Wildman–Crippen MR) is 142 cm³/mol. The number of nitrogens with one attached hydrogen (secondary N) is 1. The van der Waals surface area contributed by atoms with Gasteiger partial charge in [0.05, 0.1) is 6.10 Å². The van der Waals surface area contributed by atoms with Crippen LogP contribution in [-0.4, -0.2) is 29.3 Å². The molecule has 0 aliphatic carbocycles. The molecule has 3 aromatic carbocycles. The van der Waals surface area contributed by atoms with Gasteiger partial charge in [-0.3, -0.25) is 4.98 Å². The second-order valence-corrected chi connectivity index (χ2v) is 9.71. The summed E-state index contributed by atoms with van der Waals surface area (Å²) in [4.78, 5) is 4.51. The summed E-state index contributed by atoms with van der Waals surface area (Å²) in [5, 5.41) is 15.4. The monoisotopic (exact) mass is 462 g/mol. The van der Waals surface area contributed by atoms with Crippen LogP contribution in [0.5, 0.6) is 0 Å². The van der Waals surface area contributed by atoms with Gasteiger partial charge >= 0.3 is 0 Å². The lowest BCUT2D eigenvalue weighted by Crippen LogP contribution is -2.48. The Kier molecular flexibility index (Phi) is 7.08. The van der Waals surface area contributed by atoms with Crippen molar-refractivity contribution < 1.29 is 5.11 Å². The zero-order valence-corrected chi connectivity index (χ0v) is 20.2. The molecule has 0 amide bonds. The first kappa shape index (κ1) is 23.5. The van der Waals surface area contributed by atoms with Crippen molar-refractivity contribution in [1.82, 2.24) is 10.3 Å². The number of nitrogens with zero attached hydrogens (tertiary/aromatic N) is 1. The Hall–Kier alpha value is -3.27. The number of rotatable bonds is 8. The third-order valence-corrected chi connectivity index (χ3v) is 7.96. The van der Waals surface area contributed by atoms with Crippen molar-refractivity contribution in [2.24, 2.45) is 0 Å². The van der Waals surface area contributed by atoms with E-state index in [-0.39, 0.29) is 5.41 Å². The van der Waals surface area contributed by atoms with E-state index in [1.807, 2.05) is 18.5 Å². The smallest absolute Gasteiger partial charge is 0.0638 e. The van der Waals surface area contributed by atoms with E-state index in [0.29, 0.717) is 6.42 Å². The molecular weight excluding hydrogens is 428 g/mol. The number of piperidine rings is 1. The van der Waals surface area contributed by atoms with Gasteiger partial charge in [-0.1, -0.05) is 97.1 Å². The molecule has 1 unspecified atom stereocenters. The fraction of sp³-hybridized carbons (Fsp3) is 0.281. The molecule has 2 heterocycles. The van der Waals surface area contributed by atoms with E-state index in [1.54, 1.807) is 0 Å². The van der Waals surface area contributed by atoms with E-state index in [2.05, 4.69) is 107 Å². The van der Waals surface area contributed by atoms with Gasteiger partial charge in [-0.25, -0.2) is 0 Å². The van der Waals surface area contributed by atoms with Crippen LogP contribution >= 0.6 is 0 Å². The molecule has 1 atom stereocenters. The molecule has 1 aliphatic heterocycles. The molecule has 35 heavy (non-hydrogen) atoms. The number of aliphatic hydroxyl groups excluding tert-OH is 1. The lowest BCUT2D eigenvalue weighted by molar-refractivity contribution is 0.0467. The number of aromatic nitrogens is 1. The van der Waals surface area contributed by atoms with Crippen molar-refractivity contribution in [1.29, 1.82) is 0 Å². The predicted octanol–water partition coefficient (Wildman–Crippen LogP) is 5.88. The highest BCUT2D eigenvalue weighted by molar-refractivity contribution is 5.49. The van der Waals surface area contributed by atoms with E-state index in [1.165, 1.54) is 16.7 Å². The molecule has 1 saturated heterocycles. The van der Waals surface area contributed by atoms with E-state index in [0.717, 1.165) is 37.9 Å². The fourth-order valence-electron chi connectivity index (χ4n) is 6.08. The van der Waals surface area contributed by atoms with Crippen LogP contribution in [0.1, 0.15) is 47.9 Å². The van der Waals surface area contributed by atoms with Crippen LogP contribution in [0.3, 0.4) is 0 Å². The third kappa shape index (κ3) is 4.54. The van der Waals surface area contributed by atoms with E-state index < -0.39 is 11.5 Å². The first-order chi connectivity index (χ1) is 17.3. The molecule has 0 spiro atoms. The molecule has 5 rings (SSSR count). The Balaban J connectivity index is 1.58. The topological polar surface area (TPSA) is 45.2 Å². The van der Waals surface area contributed by atoms with Gasteiger partial charge in [0.25, 0.3) is 0 Å². The van der Waals surface area contributed by atoms with Crippen LogP contribution in [0.4, 0.5) is 0 Å². The number of aliphatic hydroxyl groups is 1. The lowest BCUT2D eigenvalue weighted by atomic mass is 9.63. The molecule has 1 aliphatic rings. The fourth-order valence-corrected chi connectivity index (χ4v) is 6.08. The van der Waals surface area contributed by atoms with Crippen LogP contribution in [0.2, 0.25) is 0 Å². The van der Waals surface area contributed by atoms with Crippen molar-refractivity contribution in [3.8, 4) is 0 Å².